The van der Waals surface area contributed by atoms with Gasteiger partial charge in [0.2, 0.25) is 0 Å². The van der Waals surface area contributed by atoms with Gasteiger partial charge in [-0.25, -0.2) is 0 Å². The smallest absolute Gasteiger partial charge is 0.165 e. The molecule has 1 aliphatic rings. The molecule has 1 aromatic rings. The highest BCUT2D eigenvalue weighted by atomic mass is 16.3. The monoisotopic (exact) mass is 176 g/mol. The molecule has 1 fully saturated rings. The minimum Gasteiger partial charge on any atom is -0.382 e. The predicted octanol–water partition coefficient (Wildman–Crippen LogP) is 1.49. The quantitative estimate of drug-likeness (QED) is 0.704. The number of hydrogen-bond acceptors (Lipinski definition) is 2. The lowest BCUT2D eigenvalue weighted by atomic mass is 9.66. The second-order valence-electron chi connectivity index (χ2n) is 3.74. The number of hydrogen-bond donors (Lipinski definition) is 1. The van der Waals surface area contributed by atoms with Crippen molar-refractivity contribution in [3.05, 3.63) is 35.9 Å². The molecule has 1 saturated carbocycles. The summed E-state index contributed by atoms with van der Waals surface area (Å²) in [5, 5.41) is 9.75. The van der Waals surface area contributed by atoms with Crippen molar-refractivity contribution in [2.75, 3.05) is 0 Å². The summed E-state index contributed by atoms with van der Waals surface area (Å²) in [4.78, 5) is 11.1. The maximum atomic E-state index is 11.1. The van der Waals surface area contributed by atoms with Gasteiger partial charge >= 0.3 is 0 Å². The van der Waals surface area contributed by atoms with Crippen molar-refractivity contribution >= 4 is 5.78 Å². The summed E-state index contributed by atoms with van der Waals surface area (Å²) in [5.74, 6) is -0.0671. The summed E-state index contributed by atoms with van der Waals surface area (Å²) in [5.41, 5.74) is -0.0893. The van der Waals surface area contributed by atoms with Crippen LogP contribution in [-0.4, -0.2) is 16.5 Å². The summed E-state index contributed by atoms with van der Waals surface area (Å²) in [6.45, 7) is 1.59. The molecule has 2 unspecified atom stereocenters. The fourth-order valence-electron chi connectivity index (χ4n) is 1.78. The van der Waals surface area contributed by atoms with Crippen molar-refractivity contribution < 1.29 is 9.90 Å². The zero-order valence-electron chi connectivity index (χ0n) is 7.53. The van der Waals surface area contributed by atoms with Crippen LogP contribution in [0.15, 0.2) is 30.3 Å². The maximum absolute atomic E-state index is 11.1. The lowest BCUT2D eigenvalue weighted by Crippen LogP contribution is -2.52. The van der Waals surface area contributed by atoms with Crippen LogP contribution in [0.1, 0.15) is 24.8 Å². The first-order chi connectivity index (χ1) is 6.12. The van der Waals surface area contributed by atoms with Gasteiger partial charge in [0, 0.05) is 12.3 Å². The molecule has 0 aromatic heterocycles. The average Bonchev–Trinajstić information content (AvgIpc) is 2.15. The van der Waals surface area contributed by atoms with Crippen LogP contribution in [0.25, 0.3) is 0 Å². The number of ketones is 1. The van der Waals surface area contributed by atoms with Gasteiger partial charge in [-0.05, 0) is 12.5 Å². The molecule has 0 saturated heterocycles. The number of carbonyl (C=O) groups excluding carboxylic acids is 1. The van der Waals surface area contributed by atoms with E-state index in [1.165, 1.54) is 0 Å². The van der Waals surface area contributed by atoms with E-state index in [0.717, 1.165) is 5.56 Å². The third-order valence-electron chi connectivity index (χ3n) is 2.83. The van der Waals surface area contributed by atoms with Crippen LogP contribution >= 0.6 is 0 Å². The SMILES string of the molecule is CC1(O)C(=O)CC1c1ccccc1. The van der Waals surface area contributed by atoms with Crippen molar-refractivity contribution in [3.8, 4) is 0 Å². The standard InChI is InChI=1S/C11H12O2/c1-11(13)9(7-10(11)12)8-5-3-2-4-6-8/h2-6,9,13H,7H2,1H3. The van der Waals surface area contributed by atoms with Gasteiger partial charge in [-0.2, -0.15) is 0 Å². The Morgan fingerprint density at radius 1 is 1.38 bits per heavy atom. The summed E-state index contributed by atoms with van der Waals surface area (Å²) in [6.07, 6.45) is 0.469. The first-order valence-corrected chi connectivity index (χ1v) is 4.43. The highest BCUT2D eigenvalue weighted by Crippen LogP contribution is 2.42. The van der Waals surface area contributed by atoms with Gasteiger partial charge < -0.3 is 5.11 Å². The lowest BCUT2D eigenvalue weighted by molar-refractivity contribution is -0.151. The van der Waals surface area contributed by atoms with Crippen LogP contribution in [0.5, 0.6) is 0 Å². The summed E-state index contributed by atoms with van der Waals surface area (Å²) >= 11 is 0. The van der Waals surface area contributed by atoms with Gasteiger partial charge in [0.05, 0.1) is 0 Å². The Balaban J connectivity index is 2.27. The van der Waals surface area contributed by atoms with Gasteiger partial charge in [-0.3, -0.25) is 4.79 Å². The van der Waals surface area contributed by atoms with Crippen LogP contribution in [0, 0.1) is 0 Å². The van der Waals surface area contributed by atoms with E-state index in [4.69, 9.17) is 0 Å². The van der Waals surface area contributed by atoms with Gasteiger partial charge in [0.15, 0.2) is 5.78 Å². The van der Waals surface area contributed by atoms with E-state index in [9.17, 15) is 9.90 Å². The first-order valence-electron chi connectivity index (χ1n) is 4.43. The molecule has 68 valence electrons. The molecular weight excluding hydrogens is 164 g/mol. The number of carbonyl (C=O) groups is 1. The first kappa shape index (κ1) is 8.45. The van der Waals surface area contributed by atoms with Crippen LogP contribution in [0.2, 0.25) is 0 Å². The Morgan fingerprint density at radius 3 is 2.46 bits per heavy atom. The molecule has 0 spiro atoms. The molecule has 1 aliphatic carbocycles. The molecule has 0 heterocycles. The number of Topliss-reactive ketones (excluding diaryl/α,β-unsaturated/α-hetero) is 1. The topological polar surface area (TPSA) is 37.3 Å². The van der Waals surface area contributed by atoms with Crippen LogP contribution in [-0.2, 0) is 4.79 Å². The fraction of sp³-hybridized carbons (Fsp3) is 0.364. The molecule has 2 heteroatoms. The molecule has 0 radical (unpaired) electrons. The van der Waals surface area contributed by atoms with Crippen molar-refractivity contribution in [3.63, 3.8) is 0 Å². The molecule has 0 bridgehead atoms. The predicted molar refractivity (Wildman–Crippen MR) is 49.4 cm³/mol. The van der Waals surface area contributed by atoms with Crippen molar-refractivity contribution in [1.82, 2.24) is 0 Å². The Bertz CT molecular complexity index is 327. The molecular formula is C11H12O2. The van der Waals surface area contributed by atoms with E-state index in [1.54, 1.807) is 6.92 Å². The van der Waals surface area contributed by atoms with Crippen LogP contribution in [0.3, 0.4) is 0 Å². The molecule has 2 rings (SSSR count). The second-order valence-corrected chi connectivity index (χ2v) is 3.74. The van der Waals surface area contributed by atoms with Gasteiger partial charge in [0.1, 0.15) is 5.60 Å². The molecule has 13 heavy (non-hydrogen) atoms. The second kappa shape index (κ2) is 2.67. The van der Waals surface area contributed by atoms with Gasteiger partial charge in [0.25, 0.3) is 0 Å². The van der Waals surface area contributed by atoms with Crippen molar-refractivity contribution in [1.29, 1.82) is 0 Å². The van der Waals surface area contributed by atoms with E-state index in [-0.39, 0.29) is 11.7 Å². The molecule has 2 nitrogen and oxygen atoms in total. The van der Waals surface area contributed by atoms with E-state index >= 15 is 0 Å². The Hall–Kier alpha value is -1.15. The third kappa shape index (κ3) is 1.18. The van der Waals surface area contributed by atoms with Gasteiger partial charge in [-0.1, -0.05) is 30.3 Å². The van der Waals surface area contributed by atoms with Crippen molar-refractivity contribution in [2.24, 2.45) is 0 Å². The highest BCUT2D eigenvalue weighted by Gasteiger charge is 2.50. The molecule has 1 aromatic carbocycles. The third-order valence-corrected chi connectivity index (χ3v) is 2.83. The van der Waals surface area contributed by atoms with E-state index in [1.807, 2.05) is 30.3 Å². The normalized spacial score (nSPS) is 32.8. The number of rotatable bonds is 1. The zero-order chi connectivity index (χ0) is 9.47. The molecule has 0 amide bonds. The molecule has 2 atom stereocenters. The highest BCUT2D eigenvalue weighted by molar-refractivity contribution is 5.95. The minimum atomic E-state index is -1.14. The van der Waals surface area contributed by atoms with Crippen LogP contribution in [0.4, 0.5) is 0 Å². The molecule has 1 N–H and O–H groups in total. The van der Waals surface area contributed by atoms with Gasteiger partial charge in [-0.15, -0.1) is 0 Å². The summed E-state index contributed by atoms with van der Waals surface area (Å²) in [7, 11) is 0. The zero-order valence-corrected chi connectivity index (χ0v) is 7.53. The Morgan fingerprint density at radius 2 is 2.00 bits per heavy atom. The summed E-state index contributed by atoms with van der Waals surface area (Å²) in [6, 6.07) is 9.68. The lowest BCUT2D eigenvalue weighted by Gasteiger charge is -2.41. The van der Waals surface area contributed by atoms with E-state index in [2.05, 4.69) is 0 Å². The average molecular weight is 176 g/mol. The Labute approximate surface area is 77.2 Å². The maximum Gasteiger partial charge on any atom is 0.165 e. The molecule has 0 aliphatic heterocycles. The number of benzene rings is 1. The van der Waals surface area contributed by atoms with E-state index in [0.29, 0.717) is 6.42 Å². The van der Waals surface area contributed by atoms with Crippen molar-refractivity contribution in [2.45, 2.75) is 24.9 Å². The minimum absolute atomic E-state index is 0.0128. The Kier molecular flexibility index (Phi) is 1.74. The summed E-state index contributed by atoms with van der Waals surface area (Å²) < 4.78 is 0. The largest absolute Gasteiger partial charge is 0.382 e. The number of aliphatic hydroxyl groups is 1. The van der Waals surface area contributed by atoms with Crippen LogP contribution < -0.4 is 0 Å². The van der Waals surface area contributed by atoms with E-state index < -0.39 is 5.60 Å². The fourth-order valence-corrected chi connectivity index (χ4v) is 1.78.